The number of rotatable bonds is 3. The van der Waals surface area contributed by atoms with E-state index >= 15 is 0 Å². The van der Waals surface area contributed by atoms with E-state index in [0.29, 0.717) is 0 Å². The van der Waals surface area contributed by atoms with Crippen LogP contribution in [0.5, 0.6) is 0 Å². The molecular formula is C14H17NS. The van der Waals surface area contributed by atoms with Crippen molar-refractivity contribution in [1.29, 1.82) is 0 Å². The van der Waals surface area contributed by atoms with Gasteiger partial charge in [-0.15, -0.1) is 11.3 Å². The lowest BCUT2D eigenvalue weighted by atomic mass is 9.82. The Morgan fingerprint density at radius 1 is 1.31 bits per heavy atom. The fraction of sp³-hybridized carbons (Fsp3) is 0.429. The highest BCUT2D eigenvalue weighted by Crippen LogP contribution is 2.28. The molecule has 1 aromatic carbocycles. The number of hydrogen-bond acceptors (Lipinski definition) is 2. The zero-order valence-corrected chi connectivity index (χ0v) is 10.4. The molecule has 0 aliphatic heterocycles. The first-order valence-corrected chi connectivity index (χ1v) is 6.84. The molecule has 84 valence electrons. The Labute approximate surface area is 100 Å². The molecule has 0 radical (unpaired) electrons. The van der Waals surface area contributed by atoms with Gasteiger partial charge in [-0.1, -0.05) is 25.1 Å². The molecule has 1 aliphatic carbocycles. The minimum absolute atomic E-state index is 0.764. The van der Waals surface area contributed by atoms with Crippen molar-refractivity contribution in [2.75, 3.05) is 0 Å². The molecule has 0 atom stereocenters. The summed E-state index contributed by atoms with van der Waals surface area (Å²) >= 11 is 1.91. The quantitative estimate of drug-likeness (QED) is 0.847. The van der Waals surface area contributed by atoms with Gasteiger partial charge in [-0.05, 0) is 36.3 Å². The first-order chi connectivity index (χ1) is 7.81. The first-order valence-electron chi connectivity index (χ1n) is 6.02. The molecule has 0 saturated heterocycles. The second-order valence-corrected chi connectivity index (χ2v) is 6.07. The predicted octanol–water partition coefficient (Wildman–Crippen LogP) is 3.79. The summed E-state index contributed by atoms with van der Waals surface area (Å²) in [4.78, 5) is 1.46. The van der Waals surface area contributed by atoms with E-state index in [9.17, 15) is 0 Å². The second kappa shape index (κ2) is 4.19. The maximum atomic E-state index is 3.64. The first kappa shape index (κ1) is 10.3. The van der Waals surface area contributed by atoms with Crippen molar-refractivity contribution in [3.05, 3.63) is 35.2 Å². The summed E-state index contributed by atoms with van der Waals surface area (Å²) in [6.07, 6.45) is 2.70. The Morgan fingerprint density at radius 2 is 2.12 bits per heavy atom. The normalized spacial score (nSPS) is 24.6. The topological polar surface area (TPSA) is 12.0 Å². The molecule has 1 aliphatic rings. The lowest BCUT2D eigenvalue weighted by molar-refractivity contribution is 0.241. The van der Waals surface area contributed by atoms with Crippen LogP contribution in [0, 0.1) is 5.92 Å². The van der Waals surface area contributed by atoms with Crippen molar-refractivity contribution in [2.45, 2.75) is 32.4 Å². The van der Waals surface area contributed by atoms with E-state index in [4.69, 9.17) is 0 Å². The Balaban J connectivity index is 1.65. The van der Waals surface area contributed by atoms with E-state index in [-0.39, 0.29) is 0 Å². The van der Waals surface area contributed by atoms with E-state index < -0.39 is 0 Å². The number of hydrogen-bond donors (Lipinski definition) is 1. The summed E-state index contributed by atoms with van der Waals surface area (Å²) < 4.78 is 1.40. The zero-order valence-electron chi connectivity index (χ0n) is 9.57. The van der Waals surface area contributed by atoms with Crippen LogP contribution in [-0.4, -0.2) is 6.04 Å². The molecule has 0 unspecified atom stereocenters. The number of benzene rings is 1. The third kappa shape index (κ3) is 2.00. The van der Waals surface area contributed by atoms with Crippen molar-refractivity contribution in [3.8, 4) is 0 Å². The van der Waals surface area contributed by atoms with Crippen LogP contribution >= 0.6 is 11.3 Å². The van der Waals surface area contributed by atoms with Crippen LogP contribution in [0.25, 0.3) is 10.1 Å². The molecule has 1 heterocycles. The Hall–Kier alpha value is -0.860. The van der Waals surface area contributed by atoms with Crippen LogP contribution in [0.15, 0.2) is 30.3 Å². The maximum absolute atomic E-state index is 3.64. The summed E-state index contributed by atoms with van der Waals surface area (Å²) in [5.74, 6) is 0.930. The monoisotopic (exact) mass is 231 g/mol. The van der Waals surface area contributed by atoms with Crippen LogP contribution < -0.4 is 5.32 Å². The van der Waals surface area contributed by atoms with Gasteiger partial charge in [-0.2, -0.15) is 0 Å². The Morgan fingerprint density at radius 3 is 2.88 bits per heavy atom. The predicted molar refractivity (Wildman–Crippen MR) is 70.9 cm³/mol. The summed E-state index contributed by atoms with van der Waals surface area (Å²) in [7, 11) is 0. The highest BCUT2D eigenvalue weighted by Gasteiger charge is 2.24. The van der Waals surface area contributed by atoms with Crippen molar-refractivity contribution in [1.82, 2.24) is 5.32 Å². The molecule has 1 N–H and O–H groups in total. The van der Waals surface area contributed by atoms with Gasteiger partial charge < -0.3 is 5.32 Å². The van der Waals surface area contributed by atoms with Gasteiger partial charge in [0.2, 0.25) is 0 Å². The summed E-state index contributed by atoms with van der Waals surface area (Å²) in [5.41, 5.74) is 0. The van der Waals surface area contributed by atoms with Gasteiger partial charge in [0.25, 0.3) is 0 Å². The highest BCUT2D eigenvalue weighted by atomic mass is 32.1. The van der Waals surface area contributed by atoms with Gasteiger partial charge in [-0.25, -0.2) is 0 Å². The van der Waals surface area contributed by atoms with Crippen LogP contribution in [0.4, 0.5) is 0 Å². The summed E-state index contributed by atoms with van der Waals surface area (Å²) in [6.45, 7) is 3.37. The van der Waals surface area contributed by atoms with Gasteiger partial charge in [0.15, 0.2) is 0 Å². The van der Waals surface area contributed by atoms with Crippen molar-refractivity contribution in [3.63, 3.8) is 0 Å². The van der Waals surface area contributed by atoms with Crippen molar-refractivity contribution in [2.24, 2.45) is 5.92 Å². The van der Waals surface area contributed by atoms with E-state index in [2.05, 4.69) is 42.6 Å². The second-order valence-electron chi connectivity index (χ2n) is 4.90. The molecule has 0 spiro atoms. The average Bonchev–Trinajstić information content (AvgIpc) is 2.65. The smallest absolute Gasteiger partial charge is 0.0346 e. The van der Waals surface area contributed by atoms with Crippen LogP contribution in [-0.2, 0) is 6.54 Å². The van der Waals surface area contributed by atoms with E-state index in [1.165, 1.54) is 27.8 Å². The molecule has 1 fully saturated rings. The largest absolute Gasteiger partial charge is 0.309 e. The molecule has 0 bridgehead atoms. The summed E-state index contributed by atoms with van der Waals surface area (Å²) in [5, 5.41) is 5.02. The fourth-order valence-corrected chi connectivity index (χ4v) is 3.45. The maximum Gasteiger partial charge on any atom is 0.0346 e. The van der Waals surface area contributed by atoms with Gasteiger partial charge in [0.1, 0.15) is 0 Å². The van der Waals surface area contributed by atoms with Gasteiger partial charge in [0, 0.05) is 22.2 Å². The summed E-state index contributed by atoms with van der Waals surface area (Å²) in [6, 6.07) is 11.7. The molecular weight excluding hydrogens is 214 g/mol. The van der Waals surface area contributed by atoms with Gasteiger partial charge >= 0.3 is 0 Å². The lowest BCUT2D eigenvalue weighted by Gasteiger charge is -2.33. The number of nitrogens with one attached hydrogen (secondary N) is 1. The van der Waals surface area contributed by atoms with Gasteiger partial charge in [-0.3, -0.25) is 0 Å². The molecule has 2 heteroatoms. The molecule has 1 aromatic heterocycles. The van der Waals surface area contributed by atoms with Crippen molar-refractivity contribution < 1.29 is 0 Å². The lowest BCUT2D eigenvalue weighted by Crippen LogP contribution is -2.39. The molecule has 1 nitrogen and oxygen atoms in total. The zero-order chi connectivity index (χ0) is 11.0. The minimum Gasteiger partial charge on any atom is -0.309 e. The standard InChI is InChI=1S/C14H17NS/c1-10-6-12(7-10)15-9-13-8-11-4-2-3-5-14(11)16-13/h2-5,8,10,12,15H,6-7,9H2,1H3. The fourth-order valence-electron chi connectivity index (χ4n) is 2.44. The minimum atomic E-state index is 0.764. The SMILES string of the molecule is CC1CC(NCc2cc3ccccc3s2)C1. The molecule has 0 amide bonds. The van der Waals surface area contributed by atoms with Crippen LogP contribution in [0.1, 0.15) is 24.6 Å². The van der Waals surface area contributed by atoms with Gasteiger partial charge in [0.05, 0.1) is 0 Å². The third-order valence-corrected chi connectivity index (χ3v) is 4.53. The number of fused-ring (bicyclic) bond motifs is 1. The van der Waals surface area contributed by atoms with Crippen LogP contribution in [0.3, 0.4) is 0 Å². The van der Waals surface area contributed by atoms with E-state index in [0.717, 1.165) is 18.5 Å². The third-order valence-electron chi connectivity index (χ3n) is 3.42. The molecule has 1 saturated carbocycles. The highest BCUT2D eigenvalue weighted by molar-refractivity contribution is 7.19. The van der Waals surface area contributed by atoms with Crippen LogP contribution in [0.2, 0.25) is 0 Å². The Kier molecular flexibility index (Phi) is 2.70. The Bertz CT molecular complexity index is 449. The number of thiophene rings is 1. The van der Waals surface area contributed by atoms with Crippen molar-refractivity contribution >= 4 is 21.4 Å². The molecule has 3 rings (SSSR count). The average molecular weight is 231 g/mol. The molecule has 16 heavy (non-hydrogen) atoms. The van der Waals surface area contributed by atoms with E-state index in [1.807, 2.05) is 11.3 Å². The van der Waals surface area contributed by atoms with E-state index in [1.54, 1.807) is 0 Å². The molecule has 2 aromatic rings.